The van der Waals surface area contributed by atoms with E-state index in [1.165, 1.54) is 11.3 Å². The number of nitrogens with zero attached hydrogens (tertiary/aromatic N) is 2. The molecule has 2 heterocycles. The first-order valence-electron chi connectivity index (χ1n) is 9.60. The highest BCUT2D eigenvalue weighted by molar-refractivity contribution is 9.10. The van der Waals surface area contributed by atoms with Crippen molar-refractivity contribution in [2.24, 2.45) is 0 Å². The van der Waals surface area contributed by atoms with Crippen LogP contribution in [0.3, 0.4) is 0 Å². The van der Waals surface area contributed by atoms with Crippen LogP contribution in [-0.4, -0.2) is 28.5 Å². The van der Waals surface area contributed by atoms with Crippen LogP contribution in [0.1, 0.15) is 35.8 Å². The van der Waals surface area contributed by atoms with E-state index in [1.54, 1.807) is 0 Å². The summed E-state index contributed by atoms with van der Waals surface area (Å²) < 4.78 is 3.33. The summed E-state index contributed by atoms with van der Waals surface area (Å²) in [6, 6.07) is 22.8. The van der Waals surface area contributed by atoms with Crippen LogP contribution in [0, 0.1) is 0 Å². The van der Waals surface area contributed by atoms with Crippen molar-refractivity contribution in [3.63, 3.8) is 0 Å². The Morgan fingerprint density at radius 1 is 1.07 bits per heavy atom. The Labute approximate surface area is 174 Å². The molecule has 0 bridgehead atoms. The standard InChI is InChI=1S/C23H24BrN3O/c1-17(18-9-11-20(24)12-10-18)25-22(28)16-27-15-14-26-13-5-8-21(26)23(27)19-6-3-2-4-7-19/h2-13,17,23H,14-16H2,1H3,(H,25,28). The van der Waals surface area contributed by atoms with Crippen molar-refractivity contribution in [3.8, 4) is 0 Å². The van der Waals surface area contributed by atoms with Gasteiger partial charge in [0.05, 0.1) is 18.6 Å². The monoisotopic (exact) mass is 437 g/mol. The fraction of sp³-hybridized carbons (Fsp3) is 0.261. The molecule has 0 radical (unpaired) electrons. The molecular formula is C23H24BrN3O. The van der Waals surface area contributed by atoms with Crippen molar-refractivity contribution in [1.82, 2.24) is 14.8 Å². The van der Waals surface area contributed by atoms with Crippen molar-refractivity contribution < 1.29 is 4.79 Å². The van der Waals surface area contributed by atoms with Crippen LogP contribution in [0.4, 0.5) is 0 Å². The fourth-order valence-electron chi connectivity index (χ4n) is 3.93. The predicted molar refractivity (Wildman–Crippen MR) is 115 cm³/mol. The highest BCUT2D eigenvalue weighted by Gasteiger charge is 2.30. The van der Waals surface area contributed by atoms with Crippen molar-refractivity contribution in [2.45, 2.75) is 25.6 Å². The van der Waals surface area contributed by atoms with E-state index in [-0.39, 0.29) is 18.0 Å². The van der Waals surface area contributed by atoms with E-state index < -0.39 is 0 Å². The summed E-state index contributed by atoms with van der Waals surface area (Å²) in [5, 5.41) is 3.15. The zero-order valence-corrected chi connectivity index (χ0v) is 17.5. The number of nitrogens with one attached hydrogen (secondary N) is 1. The lowest BCUT2D eigenvalue weighted by atomic mass is 10.00. The average Bonchev–Trinajstić information content (AvgIpc) is 3.17. The Morgan fingerprint density at radius 3 is 2.57 bits per heavy atom. The molecule has 3 aromatic rings. The molecule has 0 spiro atoms. The number of rotatable bonds is 5. The van der Waals surface area contributed by atoms with Crippen molar-refractivity contribution in [2.75, 3.05) is 13.1 Å². The normalized spacial score (nSPS) is 17.7. The Kier molecular flexibility index (Phi) is 5.64. The molecular weight excluding hydrogens is 414 g/mol. The molecule has 0 fully saturated rings. The molecule has 1 amide bonds. The molecule has 0 aliphatic carbocycles. The van der Waals surface area contributed by atoms with E-state index in [1.807, 2.05) is 37.3 Å². The third-order valence-electron chi connectivity index (χ3n) is 5.35. The summed E-state index contributed by atoms with van der Waals surface area (Å²) in [5.74, 6) is 0.0522. The lowest BCUT2D eigenvalue weighted by molar-refractivity contribution is -0.123. The first-order chi connectivity index (χ1) is 13.6. The second-order valence-electron chi connectivity index (χ2n) is 7.25. The molecule has 1 aromatic heterocycles. The number of hydrogen-bond donors (Lipinski definition) is 1. The van der Waals surface area contributed by atoms with E-state index in [9.17, 15) is 4.79 Å². The molecule has 0 saturated carbocycles. The number of amides is 1. The molecule has 4 rings (SSSR count). The van der Waals surface area contributed by atoms with Crippen molar-refractivity contribution in [3.05, 3.63) is 94.2 Å². The Morgan fingerprint density at radius 2 is 1.82 bits per heavy atom. The predicted octanol–water partition coefficient (Wildman–Crippen LogP) is 4.53. The number of hydrogen-bond acceptors (Lipinski definition) is 2. The third-order valence-corrected chi connectivity index (χ3v) is 5.88. The number of halogens is 1. The zero-order chi connectivity index (χ0) is 19.5. The second kappa shape index (κ2) is 8.33. The molecule has 1 aliphatic heterocycles. The van der Waals surface area contributed by atoms with Gasteiger partial charge in [-0.2, -0.15) is 0 Å². The zero-order valence-electron chi connectivity index (χ0n) is 15.9. The van der Waals surface area contributed by atoms with Crippen LogP contribution >= 0.6 is 15.9 Å². The van der Waals surface area contributed by atoms with Gasteiger partial charge in [0.15, 0.2) is 0 Å². The molecule has 1 N–H and O–H groups in total. The van der Waals surface area contributed by atoms with Gasteiger partial charge in [-0.05, 0) is 42.3 Å². The minimum atomic E-state index is -0.0237. The first kappa shape index (κ1) is 19.0. The molecule has 144 valence electrons. The van der Waals surface area contributed by atoms with Gasteiger partial charge in [-0.3, -0.25) is 9.69 Å². The number of carbonyl (C=O) groups is 1. The quantitative estimate of drug-likeness (QED) is 0.636. The highest BCUT2D eigenvalue weighted by Crippen LogP contribution is 2.32. The maximum Gasteiger partial charge on any atom is 0.234 e. The van der Waals surface area contributed by atoms with Crippen molar-refractivity contribution in [1.29, 1.82) is 0 Å². The van der Waals surface area contributed by atoms with Crippen LogP contribution in [0.15, 0.2) is 77.4 Å². The smallest absolute Gasteiger partial charge is 0.234 e. The summed E-state index contributed by atoms with van der Waals surface area (Å²) >= 11 is 3.45. The molecule has 28 heavy (non-hydrogen) atoms. The molecule has 2 unspecified atom stereocenters. The van der Waals surface area contributed by atoms with Gasteiger partial charge in [0.1, 0.15) is 0 Å². The summed E-state index contributed by atoms with van der Waals surface area (Å²) in [7, 11) is 0. The third kappa shape index (κ3) is 4.05. The van der Waals surface area contributed by atoms with E-state index in [2.05, 4.69) is 73.3 Å². The largest absolute Gasteiger partial charge is 0.348 e. The summed E-state index contributed by atoms with van der Waals surface area (Å²) in [6.45, 7) is 4.16. The van der Waals surface area contributed by atoms with Gasteiger partial charge in [-0.1, -0.05) is 58.4 Å². The number of fused-ring (bicyclic) bond motifs is 1. The number of aromatic nitrogens is 1. The van der Waals surface area contributed by atoms with Gasteiger partial charge in [0.25, 0.3) is 0 Å². The molecule has 4 nitrogen and oxygen atoms in total. The van der Waals surface area contributed by atoms with E-state index in [4.69, 9.17) is 0 Å². The van der Waals surface area contributed by atoms with Gasteiger partial charge in [0.2, 0.25) is 5.91 Å². The average molecular weight is 438 g/mol. The lowest BCUT2D eigenvalue weighted by Crippen LogP contribution is -2.44. The summed E-state index contributed by atoms with van der Waals surface area (Å²) in [4.78, 5) is 15.1. The molecule has 2 atom stereocenters. The molecule has 1 aliphatic rings. The maximum atomic E-state index is 12.8. The van der Waals surface area contributed by atoms with Gasteiger partial charge in [-0.15, -0.1) is 0 Å². The summed E-state index contributed by atoms with van der Waals surface area (Å²) in [6.07, 6.45) is 2.12. The first-order valence-corrected chi connectivity index (χ1v) is 10.4. The number of benzene rings is 2. The highest BCUT2D eigenvalue weighted by atomic mass is 79.9. The Balaban J connectivity index is 1.49. The van der Waals surface area contributed by atoms with E-state index in [0.717, 1.165) is 23.1 Å². The van der Waals surface area contributed by atoms with Gasteiger partial charge < -0.3 is 9.88 Å². The van der Waals surface area contributed by atoms with Crippen LogP contribution in [0.5, 0.6) is 0 Å². The van der Waals surface area contributed by atoms with Crippen molar-refractivity contribution >= 4 is 21.8 Å². The Bertz CT molecular complexity index is 936. The fourth-order valence-corrected chi connectivity index (χ4v) is 4.19. The van der Waals surface area contributed by atoms with Crippen LogP contribution in [0.2, 0.25) is 0 Å². The minimum absolute atomic E-state index is 0.0237. The second-order valence-corrected chi connectivity index (χ2v) is 8.17. The van der Waals surface area contributed by atoms with Crippen LogP contribution in [-0.2, 0) is 11.3 Å². The molecule has 5 heteroatoms. The topological polar surface area (TPSA) is 37.3 Å². The van der Waals surface area contributed by atoms with Gasteiger partial charge >= 0.3 is 0 Å². The lowest BCUT2D eigenvalue weighted by Gasteiger charge is -2.37. The SMILES string of the molecule is CC(NC(=O)CN1CCn2cccc2C1c1ccccc1)c1ccc(Br)cc1. The van der Waals surface area contributed by atoms with Gasteiger partial charge in [0, 0.05) is 29.5 Å². The number of carbonyl (C=O) groups excluding carboxylic acids is 1. The minimum Gasteiger partial charge on any atom is -0.348 e. The Hall–Kier alpha value is -2.37. The maximum absolute atomic E-state index is 12.8. The molecule has 2 aromatic carbocycles. The van der Waals surface area contributed by atoms with E-state index in [0.29, 0.717) is 6.54 Å². The summed E-state index contributed by atoms with van der Waals surface area (Å²) in [5.41, 5.74) is 3.56. The van der Waals surface area contributed by atoms with E-state index >= 15 is 0 Å². The van der Waals surface area contributed by atoms with Gasteiger partial charge in [-0.25, -0.2) is 0 Å². The van der Waals surface area contributed by atoms with Crippen LogP contribution < -0.4 is 5.32 Å². The molecule has 0 saturated heterocycles. The van der Waals surface area contributed by atoms with Crippen LogP contribution in [0.25, 0.3) is 0 Å².